The van der Waals surface area contributed by atoms with E-state index in [2.05, 4.69) is 33.4 Å². The molecule has 0 aliphatic carbocycles. The Morgan fingerprint density at radius 3 is 2.40 bits per heavy atom. The summed E-state index contributed by atoms with van der Waals surface area (Å²) in [6, 6.07) is 0. The minimum atomic E-state index is 0.342. The average Bonchev–Trinajstić information content (AvgIpc) is 2.18. The Morgan fingerprint density at radius 1 is 1.33 bits per heavy atom. The van der Waals surface area contributed by atoms with E-state index in [4.69, 9.17) is 9.47 Å². The average molecular weight is 232 g/mol. The molecular weight excluding hydrogens is 208 g/mol. The first-order valence-corrected chi connectivity index (χ1v) is 6.66. The van der Waals surface area contributed by atoms with Gasteiger partial charge < -0.3 is 9.47 Å². The molecular formula is C12H24O2S. The van der Waals surface area contributed by atoms with Crippen molar-refractivity contribution in [1.82, 2.24) is 0 Å². The van der Waals surface area contributed by atoms with Crippen molar-refractivity contribution in [3.8, 4) is 0 Å². The Labute approximate surface area is 99.1 Å². The quantitative estimate of drug-likeness (QED) is 0.735. The van der Waals surface area contributed by atoms with E-state index in [0.717, 1.165) is 31.6 Å². The van der Waals surface area contributed by atoms with Crippen LogP contribution in [0.1, 0.15) is 40.0 Å². The summed E-state index contributed by atoms with van der Waals surface area (Å²) >= 11 is 4.32. The summed E-state index contributed by atoms with van der Waals surface area (Å²) in [7, 11) is 0. The predicted octanol–water partition coefficient (Wildman–Crippen LogP) is 2.92. The van der Waals surface area contributed by atoms with Crippen LogP contribution in [0.4, 0.5) is 0 Å². The molecule has 0 amide bonds. The van der Waals surface area contributed by atoms with Gasteiger partial charge in [0.15, 0.2) is 0 Å². The number of rotatable bonds is 5. The molecule has 0 aromatic rings. The van der Waals surface area contributed by atoms with Crippen LogP contribution in [0.2, 0.25) is 0 Å². The van der Waals surface area contributed by atoms with Gasteiger partial charge >= 0.3 is 0 Å². The Balaban J connectivity index is 2.25. The minimum Gasteiger partial charge on any atom is -0.378 e. The fourth-order valence-electron chi connectivity index (χ4n) is 2.05. The largest absolute Gasteiger partial charge is 0.378 e. The fraction of sp³-hybridized carbons (Fsp3) is 1.00. The van der Waals surface area contributed by atoms with Crippen molar-refractivity contribution in [2.45, 2.75) is 58.3 Å². The lowest BCUT2D eigenvalue weighted by molar-refractivity contribution is -0.106. The van der Waals surface area contributed by atoms with E-state index >= 15 is 0 Å². The van der Waals surface area contributed by atoms with Crippen molar-refractivity contribution < 1.29 is 9.47 Å². The molecule has 3 heteroatoms. The van der Waals surface area contributed by atoms with E-state index < -0.39 is 0 Å². The van der Waals surface area contributed by atoms with Crippen LogP contribution in [0.15, 0.2) is 0 Å². The molecule has 1 fully saturated rings. The molecule has 1 saturated heterocycles. The third kappa shape index (κ3) is 4.75. The van der Waals surface area contributed by atoms with Crippen LogP contribution < -0.4 is 0 Å². The summed E-state index contributed by atoms with van der Waals surface area (Å²) in [4.78, 5) is 0. The van der Waals surface area contributed by atoms with Gasteiger partial charge in [-0.2, -0.15) is 12.6 Å². The molecule has 15 heavy (non-hydrogen) atoms. The smallest absolute Gasteiger partial charge is 0.0624 e. The fourth-order valence-corrected chi connectivity index (χ4v) is 2.42. The molecule has 1 aliphatic heterocycles. The second kappa shape index (κ2) is 6.77. The van der Waals surface area contributed by atoms with Gasteiger partial charge in [-0.15, -0.1) is 0 Å². The molecule has 0 aromatic heterocycles. The van der Waals surface area contributed by atoms with Gasteiger partial charge in [0.2, 0.25) is 0 Å². The maximum absolute atomic E-state index is 5.94. The van der Waals surface area contributed by atoms with E-state index in [0.29, 0.717) is 24.2 Å². The van der Waals surface area contributed by atoms with Gasteiger partial charge in [0.25, 0.3) is 0 Å². The predicted molar refractivity (Wildman–Crippen MR) is 66.6 cm³/mol. The Kier molecular flexibility index (Phi) is 6.02. The van der Waals surface area contributed by atoms with Crippen molar-refractivity contribution in [2.24, 2.45) is 5.92 Å². The van der Waals surface area contributed by atoms with Crippen LogP contribution >= 0.6 is 12.6 Å². The normalized spacial score (nSPS) is 34.0. The third-order valence-electron chi connectivity index (χ3n) is 3.06. The molecule has 3 unspecified atom stereocenters. The molecule has 1 rings (SSSR count). The van der Waals surface area contributed by atoms with E-state index in [1.165, 1.54) is 0 Å². The number of hydrogen-bond acceptors (Lipinski definition) is 3. The van der Waals surface area contributed by atoms with E-state index in [1.807, 2.05) is 0 Å². The Bertz CT molecular complexity index is 161. The summed E-state index contributed by atoms with van der Waals surface area (Å²) in [6.45, 7) is 7.30. The van der Waals surface area contributed by atoms with Gasteiger partial charge in [-0.3, -0.25) is 0 Å². The van der Waals surface area contributed by atoms with Crippen LogP contribution in [0.25, 0.3) is 0 Å². The van der Waals surface area contributed by atoms with Crippen molar-refractivity contribution in [3.05, 3.63) is 0 Å². The first-order valence-electron chi connectivity index (χ1n) is 6.03. The van der Waals surface area contributed by atoms with E-state index in [-0.39, 0.29) is 0 Å². The van der Waals surface area contributed by atoms with Gasteiger partial charge in [-0.25, -0.2) is 0 Å². The zero-order valence-corrected chi connectivity index (χ0v) is 11.0. The van der Waals surface area contributed by atoms with Gasteiger partial charge in [-0.1, -0.05) is 13.3 Å². The number of hydrogen-bond donors (Lipinski definition) is 1. The maximum atomic E-state index is 5.94. The Hall–Kier alpha value is 0.270. The van der Waals surface area contributed by atoms with Crippen LogP contribution in [0.5, 0.6) is 0 Å². The van der Waals surface area contributed by atoms with E-state index in [1.54, 1.807) is 0 Å². The van der Waals surface area contributed by atoms with Crippen LogP contribution in [-0.4, -0.2) is 30.7 Å². The van der Waals surface area contributed by atoms with Gasteiger partial charge in [-0.05, 0) is 38.4 Å². The second-order valence-corrected chi connectivity index (χ2v) is 5.01. The first-order chi connectivity index (χ1) is 7.15. The molecule has 0 aromatic carbocycles. The molecule has 90 valence electrons. The Morgan fingerprint density at radius 2 is 1.93 bits per heavy atom. The van der Waals surface area contributed by atoms with Gasteiger partial charge in [0.1, 0.15) is 0 Å². The number of ether oxygens (including phenoxy) is 2. The monoisotopic (exact) mass is 232 g/mol. The molecule has 1 aliphatic rings. The van der Waals surface area contributed by atoms with Crippen molar-refractivity contribution >= 4 is 12.6 Å². The van der Waals surface area contributed by atoms with Gasteiger partial charge in [0, 0.05) is 0 Å². The second-order valence-electron chi connectivity index (χ2n) is 4.64. The topological polar surface area (TPSA) is 18.5 Å². The van der Waals surface area contributed by atoms with Crippen LogP contribution in [0.3, 0.4) is 0 Å². The molecule has 0 bridgehead atoms. The van der Waals surface area contributed by atoms with Crippen LogP contribution in [-0.2, 0) is 9.47 Å². The third-order valence-corrected chi connectivity index (χ3v) is 3.57. The lowest BCUT2D eigenvalue weighted by Gasteiger charge is -2.32. The summed E-state index contributed by atoms with van der Waals surface area (Å²) in [5, 5.41) is 0. The summed E-state index contributed by atoms with van der Waals surface area (Å²) in [5.41, 5.74) is 0. The zero-order chi connectivity index (χ0) is 11.3. The molecule has 0 saturated carbocycles. The highest BCUT2D eigenvalue weighted by Gasteiger charge is 2.25. The van der Waals surface area contributed by atoms with Crippen molar-refractivity contribution in [1.29, 1.82) is 0 Å². The molecule has 0 spiro atoms. The lowest BCUT2D eigenvalue weighted by atomic mass is 10.0. The highest BCUT2D eigenvalue weighted by atomic mass is 32.1. The lowest BCUT2D eigenvalue weighted by Crippen LogP contribution is -2.35. The summed E-state index contributed by atoms with van der Waals surface area (Å²) < 4.78 is 11.6. The minimum absolute atomic E-state index is 0.342. The molecule has 0 radical (unpaired) electrons. The molecule has 2 nitrogen and oxygen atoms in total. The first kappa shape index (κ1) is 13.3. The SMILES string of the molecule is CCC(CS)COC1CC(C)OC(C)C1. The standard InChI is InChI=1S/C12H24O2S/c1-4-11(8-15)7-13-12-5-9(2)14-10(3)6-12/h9-12,15H,4-8H2,1-3H3. The molecule has 3 atom stereocenters. The summed E-state index contributed by atoms with van der Waals surface area (Å²) in [6.07, 6.45) is 4.29. The highest BCUT2D eigenvalue weighted by Crippen LogP contribution is 2.22. The highest BCUT2D eigenvalue weighted by molar-refractivity contribution is 7.80. The zero-order valence-electron chi connectivity index (χ0n) is 10.1. The van der Waals surface area contributed by atoms with Crippen LogP contribution in [0, 0.1) is 5.92 Å². The molecule has 0 N–H and O–H groups in total. The van der Waals surface area contributed by atoms with Gasteiger partial charge in [0.05, 0.1) is 24.9 Å². The van der Waals surface area contributed by atoms with Crippen molar-refractivity contribution in [2.75, 3.05) is 12.4 Å². The van der Waals surface area contributed by atoms with E-state index in [9.17, 15) is 0 Å². The molecule has 1 heterocycles. The van der Waals surface area contributed by atoms with Crippen molar-refractivity contribution in [3.63, 3.8) is 0 Å². The maximum Gasteiger partial charge on any atom is 0.0624 e. The summed E-state index contributed by atoms with van der Waals surface area (Å²) in [5.74, 6) is 1.52. The number of thiol groups is 1.